The smallest absolute Gasteiger partial charge is 0.375 e. The molecule has 104 heavy (non-hydrogen) atoms. The number of unbranched alkanes of at least 4 members (excludes halogenated alkanes) is 2. The van der Waals surface area contributed by atoms with Crippen LogP contribution in [0.2, 0.25) is 0 Å². The van der Waals surface area contributed by atoms with Crippen LogP contribution < -0.4 is 0 Å². The number of nitrogens with zero attached hydrogens (tertiary/aromatic N) is 6. The van der Waals surface area contributed by atoms with Gasteiger partial charge in [-0.15, -0.1) is 0 Å². The van der Waals surface area contributed by atoms with Crippen molar-refractivity contribution in [3.05, 3.63) is 0 Å². The highest BCUT2D eigenvalue weighted by molar-refractivity contribution is 7.88. The third-order valence-corrected chi connectivity index (χ3v) is 25.7. The maximum Gasteiger partial charge on any atom is 0.537 e. The number of hydrogen-bond donors (Lipinski definition) is 6. The highest BCUT2D eigenvalue weighted by atomic mass is 32.2. The van der Waals surface area contributed by atoms with Crippen molar-refractivity contribution in [3.63, 3.8) is 0 Å². The largest absolute Gasteiger partial charge is 0.537 e. The van der Waals surface area contributed by atoms with Crippen molar-refractivity contribution in [2.24, 2.45) is 0 Å². The molecule has 574 valence electrons. The molecule has 0 radical (unpaired) electrons. The Morgan fingerprint density at radius 2 is 0.673 bits per heavy atom. The standard InChI is InChI=1S/C48H54N6O42P2S6/c55-28-16-22(99(73,74)75)37(64)49(28)46(50-29(56)17-23(38(50)65)100(76,77)78)13-7-1-4-10-34(61)91-97(94-43(46)70)92-35(62)11-5-2-8-14-47(51-30(57)18-24(39(51)66)101(79,80)81,52-31(58)19-25(40(52)67)102(82,83)84)44(71)95-98-93-36(63)12-6-3-9-15-48(45(72)96-98,53-32(59)20-26(41(53)68)103(85,86)87)54-33(60)21-27(42(54)69)104(88,89)90/h22-27H,1-21H2,(H,73,74,75)(H,76,77,78)(H,79,80,81)(H,82,83,84)(H,85,86,87)(H,88,89,90). The second-order valence-electron chi connectivity index (χ2n) is 23.8. The second-order valence-corrected chi connectivity index (χ2v) is 35.3. The van der Waals surface area contributed by atoms with Crippen molar-refractivity contribution in [3.8, 4) is 0 Å². The van der Waals surface area contributed by atoms with Crippen molar-refractivity contribution in [2.45, 2.75) is 183 Å². The first kappa shape index (κ1) is 81.6. The summed E-state index contributed by atoms with van der Waals surface area (Å²) in [6.45, 7) is 0. The maximum absolute atomic E-state index is 15.6. The topological polar surface area (TPSA) is 708 Å². The fourth-order valence-electron chi connectivity index (χ4n) is 12.6. The van der Waals surface area contributed by atoms with Crippen LogP contribution in [0.15, 0.2) is 0 Å². The van der Waals surface area contributed by atoms with Crippen LogP contribution in [0.5, 0.6) is 0 Å². The van der Waals surface area contributed by atoms with Gasteiger partial charge >= 0.3 is 53.0 Å². The minimum atomic E-state index is -5.92. The van der Waals surface area contributed by atoms with Crippen LogP contribution in [0.1, 0.15) is 135 Å². The molecule has 8 unspecified atom stereocenters. The van der Waals surface area contributed by atoms with Gasteiger partial charge in [-0.1, -0.05) is 19.3 Å². The van der Waals surface area contributed by atoms with Gasteiger partial charge in [0.1, 0.15) is 0 Å². The van der Waals surface area contributed by atoms with E-state index in [1.807, 2.05) is 0 Å². The van der Waals surface area contributed by atoms with Crippen LogP contribution in [0.4, 0.5) is 0 Å². The Hall–Kier alpha value is -8.02. The summed E-state index contributed by atoms with van der Waals surface area (Å²) in [5, 5.41) is -17.5. The average Bonchev–Trinajstić information content (AvgIpc) is 1.54. The van der Waals surface area contributed by atoms with Crippen LogP contribution in [0.3, 0.4) is 0 Å². The molecule has 0 spiro atoms. The van der Waals surface area contributed by atoms with Gasteiger partial charge in [-0.05, 0) is 38.5 Å². The molecular formula is C48H54N6O42P2S6. The summed E-state index contributed by atoms with van der Waals surface area (Å²) in [5.74, 6) is -36.9. The first-order valence-corrected chi connectivity index (χ1v) is 40.9. The summed E-state index contributed by atoms with van der Waals surface area (Å²) in [5.41, 5.74) is -11.9. The third-order valence-electron chi connectivity index (χ3n) is 17.2. The lowest BCUT2D eigenvalue weighted by atomic mass is 9.96. The van der Waals surface area contributed by atoms with E-state index in [0.29, 0.717) is 0 Å². The number of hydrogen-bond acceptors (Lipinski definition) is 36. The van der Waals surface area contributed by atoms with E-state index < -0.39 is 375 Å². The summed E-state index contributed by atoms with van der Waals surface area (Å²) >= 11 is 0. The quantitative estimate of drug-likeness (QED) is 0.0271. The molecule has 8 heterocycles. The van der Waals surface area contributed by atoms with Gasteiger partial charge in [0, 0.05) is 38.5 Å². The van der Waals surface area contributed by atoms with Crippen LogP contribution in [0.25, 0.3) is 0 Å². The Morgan fingerprint density at radius 1 is 0.385 bits per heavy atom. The van der Waals surface area contributed by atoms with E-state index in [0.717, 1.165) is 0 Å². The number of likely N-dealkylation sites (tertiary alicyclic amines) is 6. The van der Waals surface area contributed by atoms with Gasteiger partial charge in [-0.25, -0.2) is 43.8 Å². The van der Waals surface area contributed by atoms with Crippen LogP contribution >= 0.6 is 17.2 Å². The lowest BCUT2D eigenvalue weighted by Crippen LogP contribution is -2.70. The van der Waals surface area contributed by atoms with Crippen molar-refractivity contribution < 1.29 is 191 Å². The monoisotopic (exact) mass is 1640 g/mol. The van der Waals surface area contributed by atoms with Crippen LogP contribution in [-0.4, -0.2) is 262 Å². The lowest BCUT2D eigenvalue weighted by Gasteiger charge is -2.44. The Bertz CT molecular complexity index is 4370. The average molecular weight is 1640 g/mol. The molecule has 8 saturated heterocycles. The number of carbonyl (C=O) groups is 18. The summed E-state index contributed by atoms with van der Waals surface area (Å²) in [6.07, 6.45) is -22.6. The highest BCUT2D eigenvalue weighted by Crippen LogP contribution is 2.52. The van der Waals surface area contributed by atoms with Gasteiger partial charge < -0.3 is 27.1 Å². The summed E-state index contributed by atoms with van der Waals surface area (Å²) in [4.78, 5) is 251. The third kappa shape index (κ3) is 15.5. The predicted octanol–water partition coefficient (Wildman–Crippen LogP) is -5.24. The minimum Gasteiger partial charge on any atom is -0.375 e. The molecule has 0 saturated carbocycles. The van der Waals surface area contributed by atoms with E-state index >= 15 is 9.59 Å². The van der Waals surface area contributed by atoms with Crippen molar-refractivity contribution >= 4 is 185 Å². The van der Waals surface area contributed by atoms with E-state index in [9.17, 15) is 155 Å². The number of carbonyl (C=O) groups excluding carboxylic acids is 18. The molecule has 8 fully saturated rings. The molecule has 8 atom stereocenters. The number of rotatable bonds is 21. The van der Waals surface area contributed by atoms with Gasteiger partial charge in [0.05, 0.1) is 38.5 Å². The van der Waals surface area contributed by atoms with E-state index in [-0.39, 0.29) is 22.6 Å². The van der Waals surface area contributed by atoms with E-state index in [2.05, 4.69) is 0 Å². The summed E-state index contributed by atoms with van der Waals surface area (Å²) < 4.78 is 241. The first-order valence-electron chi connectivity index (χ1n) is 29.7. The second kappa shape index (κ2) is 29.4. The van der Waals surface area contributed by atoms with Crippen molar-refractivity contribution in [2.75, 3.05) is 0 Å². The zero-order valence-corrected chi connectivity index (χ0v) is 58.9. The molecule has 8 rings (SSSR count). The lowest BCUT2D eigenvalue weighted by molar-refractivity contribution is -0.185. The number of amides is 12. The number of imide groups is 6. The molecule has 48 nitrogen and oxygen atoms in total. The first-order chi connectivity index (χ1) is 47.8. The fourth-order valence-corrected chi connectivity index (χ4v) is 18.7. The van der Waals surface area contributed by atoms with Gasteiger partial charge in [0.25, 0.3) is 96.2 Å². The highest BCUT2D eigenvalue weighted by Gasteiger charge is 2.72. The molecule has 12 amide bonds. The maximum atomic E-state index is 15.6. The SMILES string of the molecule is O=C1CCCCCC(N2C(=O)CC(S(=O)(=O)O)C2=O)(N2C(=O)CC(S(=O)(=O)O)C2=O)C(=O)OP(OC(=O)CCCCCC(C(=O)OP2OC(=O)CCCCCC(N3C(=O)CC(S(=O)(=O)O)C3=O)(N3C(=O)CC(S(=O)(=O)O)C3=O)C(=O)O2)(N2C(=O)CC(S(=O)(=O)O)C2=O)N2C(=O)CC(S(=O)(=O)O)C2=O)O1. The molecule has 0 aromatic heterocycles. The zero-order valence-electron chi connectivity index (χ0n) is 52.2. The zero-order chi connectivity index (χ0) is 78.1. The van der Waals surface area contributed by atoms with E-state index in [1.165, 1.54) is 0 Å². The molecule has 56 heteroatoms. The fraction of sp³-hybridized carbons (Fsp3) is 0.625. The summed E-state index contributed by atoms with van der Waals surface area (Å²) in [6, 6.07) is 0. The molecule has 8 aliphatic heterocycles. The Labute approximate surface area is 585 Å². The molecular weight excluding hydrogens is 1590 g/mol. The minimum absolute atomic E-state index is 0.298. The van der Waals surface area contributed by atoms with E-state index in [4.69, 9.17) is 27.1 Å². The molecule has 0 aromatic rings. The van der Waals surface area contributed by atoms with Crippen molar-refractivity contribution in [1.82, 2.24) is 29.4 Å². The molecule has 6 N–H and O–H groups in total. The molecule has 0 bridgehead atoms. The molecule has 0 aliphatic carbocycles. The van der Waals surface area contributed by atoms with Crippen molar-refractivity contribution in [1.29, 1.82) is 0 Å². The van der Waals surface area contributed by atoms with Gasteiger partial charge in [0.2, 0.25) is 52.4 Å². The Morgan fingerprint density at radius 3 is 0.962 bits per heavy atom. The van der Waals surface area contributed by atoms with Gasteiger partial charge in [0.15, 0.2) is 31.5 Å². The molecule has 0 aromatic carbocycles. The predicted molar refractivity (Wildman–Crippen MR) is 319 cm³/mol. The Kier molecular flexibility index (Phi) is 23.1. The Balaban J connectivity index is 1.17. The van der Waals surface area contributed by atoms with Gasteiger partial charge in [-0.3, -0.25) is 99.2 Å². The van der Waals surface area contributed by atoms with E-state index in [1.54, 1.807) is 0 Å². The van der Waals surface area contributed by atoms with Crippen LogP contribution in [-0.2, 0) is 174 Å². The molecule has 8 aliphatic rings. The summed E-state index contributed by atoms with van der Waals surface area (Å²) in [7, 11) is -43.3. The van der Waals surface area contributed by atoms with Crippen LogP contribution in [0, 0.1) is 0 Å². The normalized spacial score (nSPS) is 29.4. The van der Waals surface area contributed by atoms with Gasteiger partial charge in [-0.2, -0.15) is 50.5 Å².